The van der Waals surface area contributed by atoms with Gasteiger partial charge in [0.1, 0.15) is 0 Å². The highest BCUT2D eigenvalue weighted by molar-refractivity contribution is 6.30. The number of halogens is 1. The van der Waals surface area contributed by atoms with Gasteiger partial charge in [-0.2, -0.15) is 0 Å². The molecule has 0 fully saturated rings. The smallest absolute Gasteiger partial charge is 0.273 e. The van der Waals surface area contributed by atoms with E-state index >= 15 is 0 Å². The van der Waals surface area contributed by atoms with Crippen LogP contribution in [0.3, 0.4) is 0 Å². The molecule has 0 saturated carbocycles. The van der Waals surface area contributed by atoms with E-state index < -0.39 is 0 Å². The monoisotopic (exact) mass is 294 g/mol. The molecule has 0 radical (unpaired) electrons. The predicted octanol–water partition coefficient (Wildman–Crippen LogP) is 2.76. The van der Waals surface area contributed by atoms with Crippen LogP contribution in [0, 0.1) is 0 Å². The first-order valence-corrected chi connectivity index (χ1v) is 6.50. The Kier molecular flexibility index (Phi) is 4.76. The van der Waals surface area contributed by atoms with Crippen molar-refractivity contribution in [3.8, 4) is 11.3 Å². The molecule has 1 unspecified atom stereocenters. The summed E-state index contributed by atoms with van der Waals surface area (Å²) in [6.07, 6.45) is 0. The van der Waals surface area contributed by atoms with Crippen molar-refractivity contribution in [2.24, 2.45) is 0 Å². The minimum Gasteiger partial charge on any atom is -0.383 e. The van der Waals surface area contributed by atoms with E-state index in [4.69, 9.17) is 20.9 Å². The standard InChI is InChI=1S/C14H15ClN2O3/c1-9(8-19-2)16-14(18)12-7-13(20-17-12)10-4-3-5-11(15)6-10/h3-7,9H,8H2,1-2H3,(H,16,18). The summed E-state index contributed by atoms with van der Waals surface area (Å²) in [6, 6.07) is 8.64. The third-order valence-corrected chi connectivity index (χ3v) is 2.88. The average molecular weight is 295 g/mol. The molecule has 2 aromatic rings. The topological polar surface area (TPSA) is 64.4 Å². The van der Waals surface area contributed by atoms with E-state index in [1.165, 1.54) is 0 Å². The number of hydrogen-bond donors (Lipinski definition) is 1. The second-order valence-electron chi connectivity index (χ2n) is 4.42. The van der Waals surface area contributed by atoms with Gasteiger partial charge in [-0.3, -0.25) is 4.79 Å². The molecule has 0 aliphatic carbocycles. The number of amides is 1. The minimum atomic E-state index is -0.299. The summed E-state index contributed by atoms with van der Waals surface area (Å²) < 4.78 is 10.1. The Bertz CT molecular complexity index is 598. The van der Waals surface area contributed by atoms with Gasteiger partial charge in [0.05, 0.1) is 6.61 Å². The number of hydrogen-bond acceptors (Lipinski definition) is 4. The lowest BCUT2D eigenvalue weighted by atomic mass is 10.1. The Labute approximate surface area is 121 Å². The lowest BCUT2D eigenvalue weighted by Gasteiger charge is -2.10. The van der Waals surface area contributed by atoms with Crippen LogP contribution >= 0.6 is 11.6 Å². The summed E-state index contributed by atoms with van der Waals surface area (Å²) in [5, 5.41) is 7.12. The zero-order valence-corrected chi connectivity index (χ0v) is 12.0. The number of methoxy groups -OCH3 is 1. The van der Waals surface area contributed by atoms with Crippen molar-refractivity contribution in [3.05, 3.63) is 41.0 Å². The maximum atomic E-state index is 11.9. The van der Waals surface area contributed by atoms with E-state index in [-0.39, 0.29) is 17.6 Å². The maximum absolute atomic E-state index is 11.9. The first-order valence-electron chi connectivity index (χ1n) is 6.12. The normalized spacial score (nSPS) is 12.2. The second kappa shape index (κ2) is 6.54. The van der Waals surface area contributed by atoms with Gasteiger partial charge in [0.25, 0.3) is 5.91 Å². The van der Waals surface area contributed by atoms with Gasteiger partial charge in [-0.1, -0.05) is 28.9 Å². The Balaban J connectivity index is 2.11. The van der Waals surface area contributed by atoms with E-state index in [1.54, 1.807) is 31.4 Å². The number of carbonyl (C=O) groups is 1. The van der Waals surface area contributed by atoms with Crippen molar-refractivity contribution in [2.75, 3.05) is 13.7 Å². The van der Waals surface area contributed by atoms with Crippen molar-refractivity contribution < 1.29 is 14.1 Å². The number of nitrogens with zero attached hydrogens (tertiary/aromatic N) is 1. The second-order valence-corrected chi connectivity index (χ2v) is 4.85. The highest BCUT2D eigenvalue weighted by Gasteiger charge is 2.15. The van der Waals surface area contributed by atoms with Gasteiger partial charge in [0.2, 0.25) is 0 Å². The minimum absolute atomic E-state index is 0.0983. The van der Waals surface area contributed by atoms with Crippen molar-refractivity contribution in [3.63, 3.8) is 0 Å². The van der Waals surface area contributed by atoms with Crippen molar-refractivity contribution >= 4 is 17.5 Å². The molecule has 0 aliphatic rings. The molecule has 1 aromatic heterocycles. The number of ether oxygens (including phenoxy) is 1. The summed E-state index contributed by atoms with van der Waals surface area (Å²) >= 11 is 5.91. The van der Waals surface area contributed by atoms with Crippen molar-refractivity contribution in [2.45, 2.75) is 13.0 Å². The number of rotatable bonds is 5. The summed E-state index contributed by atoms with van der Waals surface area (Å²) in [7, 11) is 1.58. The summed E-state index contributed by atoms with van der Waals surface area (Å²) in [4.78, 5) is 11.9. The van der Waals surface area contributed by atoms with Gasteiger partial charge in [-0.25, -0.2) is 0 Å². The fraction of sp³-hybridized carbons (Fsp3) is 0.286. The lowest BCUT2D eigenvalue weighted by Crippen LogP contribution is -2.35. The summed E-state index contributed by atoms with van der Waals surface area (Å²) in [5.41, 5.74) is 0.997. The number of benzene rings is 1. The van der Waals surface area contributed by atoms with Gasteiger partial charge in [-0.05, 0) is 19.1 Å². The molecule has 0 bridgehead atoms. The van der Waals surface area contributed by atoms with Gasteiger partial charge in [0.15, 0.2) is 11.5 Å². The van der Waals surface area contributed by atoms with Gasteiger partial charge in [0, 0.05) is 29.8 Å². The van der Waals surface area contributed by atoms with E-state index in [1.807, 2.05) is 13.0 Å². The molecule has 1 heterocycles. The molecular weight excluding hydrogens is 280 g/mol. The van der Waals surface area contributed by atoms with Gasteiger partial charge < -0.3 is 14.6 Å². The predicted molar refractivity (Wildman–Crippen MR) is 75.8 cm³/mol. The first kappa shape index (κ1) is 14.6. The summed E-state index contributed by atoms with van der Waals surface area (Å²) in [6.45, 7) is 2.28. The van der Waals surface area contributed by atoms with Crippen LogP contribution in [0.2, 0.25) is 5.02 Å². The maximum Gasteiger partial charge on any atom is 0.273 e. The van der Waals surface area contributed by atoms with Crippen molar-refractivity contribution in [1.82, 2.24) is 10.5 Å². The van der Waals surface area contributed by atoms with Crippen LogP contribution in [-0.2, 0) is 4.74 Å². The van der Waals surface area contributed by atoms with E-state index in [9.17, 15) is 4.79 Å². The molecule has 1 N–H and O–H groups in total. The van der Waals surface area contributed by atoms with Crippen LogP contribution in [-0.4, -0.2) is 30.8 Å². The molecule has 6 heteroatoms. The van der Waals surface area contributed by atoms with Crippen LogP contribution in [0.4, 0.5) is 0 Å². The number of aromatic nitrogens is 1. The fourth-order valence-corrected chi connectivity index (χ4v) is 1.94. The lowest BCUT2D eigenvalue weighted by molar-refractivity contribution is 0.0896. The van der Waals surface area contributed by atoms with Crippen molar-refractivity contribution in [1.29, 1.82) is 0 Å². The zero-order valence-electron chi connectivity index (χ0n) is 11.2. The Morgan fingerprint density at radius 2 is 2.30 bits per heavy atom. The highest BCUT2D eigenvalue weighted by atomic mass is 35.5. The molecule has 0 spiro atoms. The molecule has 5 nitrogen and oxygen atoms in total. The molecule has 1 amide bonds. The molecule has 20 heavy (non-hydrogen) atoms. The quantitative estimate of drug-likeness (QED) is 0.921. The van der Waals surface area contributed by atoms with Crippen LogP contribution in [0.25, 0.3) is 11.3 Å². The number of nitrogens with one attached hydrogen (secondary N) is 1. The Morgan fingerprint density at radius 3 is 3.00 bits per heavy atom. The van der Waals surface area contributed by atoms with E-state index in [2.05, 4.69) is 10.5 Å². The largest absolute Gasteiger partial charge is 0.383 e. The Hall–Kier alpha value is -1.85. The zero-order chi connectivity index (χ0) is 14.5. The van der Waals surface area contributed by atoms with Crippen LogP contribution in [0.15, 0.2) is 34.9 Å². The van der Waals surface area contributed by atoms with Gasteiger partial charge in [-0.15, -0.1) is 0 Å². The van der Waals surface area contributed by atoms with Crippen LogP contribution in [0.1, 0.15) is 17.4 Å². The Morgan fingerprint density at radius 1 is 1.50 bits per heavy atom. The first-order chi connectivity index (χ1) is 9.60. The molecule has 106 valence electrons. The molecule has 1 atom stereocenters. The van der Waals surface area contributed by atoms with Crippen LogP contribution < -0.4 is 5.32 Å². The fourth-order valence-electron chi connectivity index (χ4n) is 1.75. The molecular formula is C14H15ClN2O3. The highest BCUT2D eigenvalue weighted by Crippen LogP contribution is 2.23. The van der Waals surface area contributed by atoms with E-state index in [0.29, 0.717) is 17.4 Å². The number of carbonyl (C=O) groups excluding carboxylic acids is 1. The molecule has 0 saturated heterocycles. The molecule has 0 aliphatic heterocycles. The molecule has 2 rings (SSSR count). The third kappa shape index (κ3) is 3.59. The molecule has 1 aromatic carbocycles. The van der Waals surface area contributed by atoms with Gasteiger partial charge >= 0.3 is 0 Å². The summed E-state index contributed by atoms with van der Waals surface area (Å²) in [5.74, 6) is 0.198. The van der Waals surface area contributed by atoms with Crippen LogP contribution in [0.5, 0.6) is 0 Å². The SMILES string of the molecule is COCC(C)NC(=O)c1cc(-c2cccc(Cl)c2)on1. The average Bonchev–Trinajstić information content (AvgIpc) is 2.88. The van der Waals surface area contributed by atoms with E-state index in [0.717, 1.165) is 5.56 Å². The third-order valence-electron chi connectivity index (χ3n) is 2.65.